The molecule has 0 aliphatic heterocycles. The highest BCUT2D eigenvalue weighted by Gasteiger charge is 2.37. The molecule has 0 heterocycles. The average Bonchev–Trinajstić information content (AvgIpc) is 2.74. The molecular weight excluding hydrogens is 368 g/mol. The van der Waals surface area contributed by atoms with E-state index in [-0.39, 0.29) is 5.29 Å². The van der Waals surface area contributed by atoms with Crippen molar-refractivity contribution in [2.75, 3.05) is 26.2 Å². The molecule has 0 bridgehead atoms. The average molecular weight is 417 g/mol. The molecule has 0 aromatic heterocycles. The third-order valence-corrected chi connectivity index (χ3v) is 8.69. The largest absolute Gasteiger partial charge is 0.289 e. The van der Waals surface area contributed by atoms with Gasteiger partial charge in [0.15, 0.2) is 0 Å². The second-order valence-corrected chi connectivity index (χ2v) is 11.2. The Morgan fingerprint density at radius 2 is 1.14 bits per heavy atom. The minimum atomic E-state index is -0.507. The lowest BCUT2D eigenvalue weighted by atomic mass is 10.2. The van der Waals surface area contributed by atoms with E-state index in [4.69, 9.17) is 0 Å². The maximum absolute atomic E-state index is 3.92. The second-order valence-electron chi connectivity index (χ2n) is 8.73. The molecule has 1 aromatic carbocycles. The maximum atomic E-state index is 3.92. The molecule has 0 N–H and O–H groups in total. The van der Waals surface area contributed by atoms with Crippen molar-refractivity contribution in [1.82, 2.24) is 9.80 Å². The van der Waals surface area contributed by atoms with Gasteiger partial charge in [-0.3, -0.25) is 9.80 Å². The minimum absolute atomic E-state index is 0.213. The summed E-state index contributed by atoms with van der Waals surface area (Å²) in [6, 6.07) is 9.25. The molecule has 0 fully saturated rings. The molecule has 2 nitrogen and oxygen atoms in total. The van der Waals surface area contributed by atoms with Crippen LogP contribution in [-0.2, 0) is 0 Å². The molecule has 0 saturated heterocycles. The van der Waals surface area contributed by atoms with Crippen LogP contribution < -0.4 is 5.19 Å². The second kappa shape index (κ2) is 15.0. The topological polar surface area (TPSA) is 6.48 Å². The van der Waals surface area contributed by atoms with Crippen LogP contribution in [0.5, 0.6) is 0 Å². The quantitative estimate of drug-likeness (QED) is 0.241. The van der Waals surface area contributed by atoms with Crippen LogP contribution in [0.2, 0.25) is 0 Å². The van der Waals surface area contributed by atoms with E-state index in [0.717, 1.165) is 0 Å². The Labute approximate surface area is 184 Å². The fourth-order valence-electron chi connectivity index (χ4n) is 4.16. The first-order valence-electron chi connectivity index (χ1n) is 12.3. The summed E-state index contributed by atoms with van der Waals surface area (Å²) in [5, 5.41) is 1.79. The first kappa shape index (κ1) is 26.1. The van der Waals surface area contributed by atoms with E-state index in [1.165, 1.54) is 83.1 Å². The van der Waals surface area contributed by atoms with Crippen molar-refractivity contribution in [3.8, 4) is 0 Å². The molecular formula is C26H48N2Si. The normalized spacial score (nSPS) is 12.5. The summed E-state index contributed by atoms with van der Waals surface area (Å²) in [7, 11) is -0.507. The van der Waals surface area contributed by atoms with Gasteiger partial charge in [0, 0.05) is 0 Å². The van der Waals surface area contributed by atoms with Crippen molar-refractivity contribution in [2.24, 2.45) is 0 Å². The zero-order valence-corrected chi connectivity index (χ0v) is 21.6. The number of nitrogens with zero attached hydrogens (tertiary/aromatic N) is 2. The summed E-state index contributed by atoms with van der Waals surface area (Å²) in [6.07, 6.45) is 12.3. The van der Waals surface area contributed by atoms with Gasteiger partial charge in [0.2, 0.25) is 0 Å². The molecule has 1 rings (SSSR count). The summed E-state index contributed by atoms with van der Waals surface area (Å²) >= 11 is 0. The molecule has 0 aliphatic rings. The number of benzene rings is 1. The van der Waals surface area contributed by atoms with Crippen LogP contribution in [-0.4, -0.2) is 50.8 Å². The van der Waals surface area contributed by atoms with E-state index in [9.17, 15) is 0 Å². The highest BCUT2D eigenvalue weighted by atomic mass is 28.2. The lowest BCUT2D eigenvalue weighted by molar-refractivity contribution is 0.0127. The van der Waals surface area contributed by atoms with Gasteiger partial charge >= 0.3 is 0 Å². The zero-order valence-electron chi connectivity index (χ0n) is 20.2. The molecule has 3 heteroatoms. The summed E-state index contributed by atoms with van der Waals surface area (Å²) in [4.78, 5) is 5.75. The van der Waals surface area contributed by atoms with Gasteiger partial charge in [-0.1, -0.05) is 95.5 Å². The van der Waals surface area contributed by atoms with Gasteiger partial charge in [0.1, 0.15) is 0 Å². The van der Waals surface area contributed by atoms with Crippen LogP contribution in [0.4, 0.5) is 0 Å². The van der Waals surface area contributed by atoms with Gasteiger partial charge in [-0.25, -0.2) is 0 Å². The van der Waals surface area contributed by atoms with Crippen molar-refractivity contribution in [1.29, 1.82) is 0 Å². The number of hydrogen-bond acceptors (Lipinski definition) is 2. The predicted octanol–water partition coefficient (Wildman–Crippen LogP) is 5.60. The van der Waals surface area contributed by atoms with Crippen molar-refractivity contribution < 1.29 is 0 Å². The Morgan fingerprint density at radius 1 is 0.759 bits per heavy atom. The first-order valence-corrected chi connectivity index (χ1v) is 13.7. The van der Waals surface area contributed by atoms with Gasteiger partial charge in [0.05, 0.1) is 14.8 Å². The zero-order chi connectivity index (χ0) is 21.5. The van der Waals surface area contributed by atoms with Crippen molar-refractivity contribution in [3.05, 3.63) is 36.4 Å². The smallest absolute Gasteiger partial charge is 0.0958 e. The highest BCUT2D eigenvalue weighted by Crippen LogP contribution is 2.23. The minimum Gasteiger partial charge on any atom is -0.289 e. The first-order chi connectivity index (χ1) is 14.0. The molecule has 1 aromatic rings. The Hall–Kier alpha value is -0.903. The highest BCUT2D eigenvalue weighted by molar-refractivity contribution is 6.56. The maximum Gasteiger partial charge on any atom is 0.0958 e. The summed E-state index contributed by atoms with van der Waals surface area (Å²) in [6.45, 7) is 20.7. The molecule has 0 atom stereocenters. The van der Waals surface area contributed by atoms with Crippen LogP contribution in [0.1, 0.15) is 91.5 Å². The van der Waals surface area contributed by atoms with Crippen LogP contribution >= 0.6 is 0 Å². The molecule has 0 unspecified atom stereocenters. The standard InChI is InChI=1S/C26H48N2Si/c1-7-12-20-27(21-13-8-2)26(6,28(22-14-9-3)23-15-10-4)29-25-18-16-24(11-5)17-19-25/h11,16-19H,5,7-10,12-15,20-23,29H2,1-4,6H3. The van der Waals surface area contributed by atoms with Crippen molar-refractivity contribution in [2.45, 2.75) is 91.3 Å². The summed E-state index contributed by atoms with van der Waals surface area (Å²) in [5.41, 5.74) is 1.23. The lowest BCUT2D eigenvalue weighted by Gasteiger charge is -2.50. The van der Waals surface area contributed by atoms with Gasteiger partial charge in [-0.2, -0.15) is 0 Å². The third-order valence-electron chi connectivity index (χ3n) is 6.24. The monoisotopic (exact) mass is 416 g/mol. The van der Waals surface area contributed by atoms with E-state index >= 15 is 0 Å². The Bertz CT molecular complexity index is 504. The molecule has 0 saturated carbocycles. The van der Waals surface area contributed by atoms with Crippen LogP contribution in [0, 0.1) is 0 Å². The number of hydrogen-bond donors (Lipinski definition) is 0. The SMILES string of the molecule is C=Cc1ccc([SiH2]C(C)(N(CCCC)CCCC)N(CCCC)CCCC)cc1. The predicted molar refractivity (Wildman–Crippen MR) is 136 cm³/mol. The van der Waals surface area contributed by atoms with E-state index in [1.54, 1.807) is 5.19 Å². The van der Waals surface area contributed by atoms with Crippen molar-refractivity contribution in [3.63, 3.8) is 0 Å². The van der Waals surface area contributed by atoms with Gasteiger partial charge in [-0.05, 0) is 64.3 Å². The van der Waals surface area contributed by atoms with Crippen LogP contribution in [0.3, 0.4) is 0 Å². The fourth-order valence-corrected chi connectivity index (χ4v) is 6.49. The summed E-state index contributed by atoms with van der Waals surface area (Å²) in [5.74, 6) is 0. The van der Waals surface area contributed by atoms with Crippen LogP contribution in [0.25, 0.3) is 6.08 Å². The molecule has 0 spiro atoms. The van der Waals surface area contributed by atoms with E-state index in [0.29, 0.717) is 0 Å². The Kier molecular flexibility index (Phi) is 13.5. The third kappa shape index (κ3) is 8.78. The lowest BCUT2D eigenvalue weighted by Crippen LogP contribution is -2.65. The van der Waals surface area contributed by atoms with E-state index in [1.807, 2.05) is 6.08 Å². The van der Waals surface area contributed by atoms with Gasteiger partial charge in [0.25, 0.3) is 0 Å². The van der Waals surface area contributed by atoms with Crippen molar-refractivity contribution >= 4 is 20.8 Å². The Balaban J connectivity index is 3.24. The van der Waals surface area contributed by atoms with Gasteiger partial charge in [-0.15, -0.1) is 0 Å². The Morgan fingerprint density at radius 3 is 1.45 bits per heavy atom. The summed E-state index contributed by atoms with van der Waals surface area (Å²) < 4.78 is 0. The van der Waals surface area contributed by atoms with Crippen LogP contribution in [0.15, 0.2) is 30.8 Å². The number of rotatable bonds is 17. The molecule has 0 amide bonds. The molecule has 0 radical (unpaired) electrons. The van der Waals surface area contributed by atoms with E-state index in [2.05, 4.69) is 75.3 Å². The van der Waals surface area contributed by atoms with E-state index < -0.39 is 9.52 Å². The number of unbranched alkanes of at least 4 members (excludes halogenated alkanes) is 4. The molecule has 0 aliphatic carbocycles. The molecule has 166 valence electrons. The molecule has 29 heavy (non-hydrogen) atoms. The van der Waals surface area contributed by atoms with Gasteiger partial charge < -0.3 is 0 Å². The fraction of sp³-hybridized carbons (Fsp3) is 0.692.